The van der Waals surface area contributed by atoms with Crippen LogP contribution in [0.4, 0.5) is 0 Å². The molecule has 1 aromatic carbocycles. The molecule has 6 nitrogen and oxygen atoms in total. The van der Waals surface area contributed by atoms with Crippen molar-refractivity contribution in [3.63, 3.8) is 0 Å². The monoisotopic (exact) mass is 284 g/mol. The highest BCUT2D eigenvalue weighted by Crippen LogP contribution is 2.21. The second kappa shape index (κ2) is 5.67. The van der Waals surface area contributed by atoms with Crippen molar-refractivity contribution in [3.8, 4) is 0 Å². The highest BCUT2D eigenvalue weighted by atomic mass is 15.3. The van der Waals surface area contributed by atoms with E-state index in [9.17, 15) is 0 Å². The molecule has 6 heteroatoms. The van der Waals surface area contributed by atoms with Gasteiger partial charge < -0.3 is 4.57 Å². The number of fused-ring (bicyclic) bond motifs is 1. The van der Waals surface area contributed by atoms with Crippen LogP contribution in [-0.2, 0) is 20.0 Å². The Balaban J connectivity index is 1.98. The third-order valence-corrected chi connectivity index (χ3v) is 3.85. The van der Waals surface area contributed by atoms with E-state index in [1.807, 2.05) is 36.0 Å². The van der Waals surface area contributed by atoms with Gasteiger partial charge in [0.1, 0.15) is 5.82 Å². The number of nitrogens with one attached hydrogen (secondary N) is 1. The Morgan fingerprint density at radius 3 is 2.76 bits per heavy atom. The molecule has 2 heterocycles. The van der Waals surface area contributed by atoms with E-state index in [0.29, 0.717) is 0 Å². The van der Waals surface area contributed by atoms with Crippen LogP contribution in [0.2, 0.25) is 0 Å². The molecule has 21 heavy (non-hydrogen) atoms. The molecule has 0 bridgehead atoms. The molecular formula is C15H20N6. The van der Waals surface area contributed by atoms with Gasteiger partial charge in [0.25, 0.3) is 0 Å². The molecule has 0 spiro atoms. The van der Waals surface area contributed by atoms with Crippen molar-refractivity contribution in [1.82, 2.24) is 24.8 Å². The summed E-state index contributed by atoms with van der Waals surface area (Å²) in [5.74, 6) is 6.77. The Kier molecular flexibility index (Phi) is 3.72. The fraction of sp³-hybridized carbons (Fsp3) is 0.333. The highest BCUT2D eigenvalue weighted by molar-refractivity contribution is 5.75. The van der Waals surface area contributed by atoms with Crippen LogP contribution in [0, 0.1) is 0 Å². The van der Waals surface area contributed by atoms with Crippen molar-refractivity contribution in [1.29, 1.82) is 0 Å². The first kappa shape index (κ1) is 13.8. The van der Waals surface area contributed by atoms with E-state index in [2.05, 4.69) is 28.1 Å². The Bertz CT molecular complexity index is 742. The van der Waals surface area contributed by atoms with Gasteiger partial charge in [-0.3, -0.25) is 16.0 Å². The summed E-state index contributed by atoms with van der Waals surface area (Å²) >= 11 is 0. The number of rotatable bonds is 5. The minimum absolute atomic E-state index is 0.0142. The van der Waals surface area contributed by atoms with Crippen LogP contribution >= 0.6 is 0 Å². The van der Waals surface area contributed by atoms with Crippen LogP contribution in [0.25, 0.3) is 11.0 Å². The van der Waals surface area contributed by atoms with Crippen LogP contribution < -0.4 is 11.3 Å². The molecule has 3 rings (SSSR count). The molecule has 0 saturated carbocycles. The number of para-hydroxylation sites is 2. The van der Waals surface area contributed by atoms with Gasteiger partial charge in [0.15, 0.2) is 0 Å². The van der Waals surface area contributed by atoms with Crippen molar-refractivity contribution in [2.45, 2.75) is 25.9 Å². The maximum Gasteiger partial charge on any atom is 0.111 e. The normalized spacial score (nSPS) is 12.9. The lowest BCUT2D eigenvalue weighted by Crippen LogP contribution is -2.31. The predicted molar refractivity (Wildman–Crippen MR) is 82.4 cm³/mol. The van der Waals surface area contributed by atoms with E-state index in [-0.39, 0.29) is 6.04 Å². The van der Waals surface area contributed by atoms with Gasteiger partial charge in [0.2, 0.25) is 0 Å². The third kappa shape index (κ3) is 2.43. The minimum Gasteiger partial charge on any atom is -0.328 e. The molecule has 3 aromatic rings. The number of aromatic nitrogens is 4. The molecule has 110 valence electrons. The fourth-order valence-electron chi connectivity index (χ4n) is 2.79. The summed E-state index contributed by atoms with van der Waals surface area (Å²) in [5, 5.41) is 4.21. The largest absolute Gasteiger partial charge is 0.328 e. The molecule has 1 atom stereocenters. The number of imidazole rings is 1. The lowest BCUT2D eigenvalue weighted by molar-refractivity contribution is 0.490. The van der Waals surface area contributed by atoms with Gasteiger partial charge in [-0.05, 0) is 25.1 Å². The Hall–Kier alpha value is -2.18. The third-order valence-electron chi connectivity index (χ3n) is 3.85. The molecule has 2 aromatic heterocycles. The minimum atomic E-state index is -0.0142. The van der Waals surface area contributed by atoms with Crippen LogP contribution in [0.1, 0.15) is 24.5 Å². The summed E-state index contributed by atoms with van der Waals surface area (Å²) in [5.41, 5.74) is 6.11. The van der Waals surface area contributed by atoms with Crippen molar-refractivity contribution >= 4 is 11.0 Å². The summed E-state index contributed by atoms with van der Waals surface area (Å²) in [7, 11) is 1.92. The SMILES string of the molecule is CCn1c(CC(NN)c2ccnn2C)nc2ccccc21. The average Bonchev–Trinajstić information content (AvgIpc) is 3.07. The van der Waals surface area contributed by atoms with Gasteiger partial charge >= 0.3 is 0 Å². The van der Waals surface area contributed by atoms with Crippen LogP contribution in [-0.4, -0.2) is 19.3 Å². The van der Waals surface area contributed by atoms with Crippen molar-refractivity contribution < 1.29 is 0 Å². The Morgan fingerprint density at radius 1 is 1.29 bits per heavy atom. The molecule has 0 radical (unpaired) electrons. The van der Waals surface area contributed by atoms with Crippen molar-refractivity contribution in [2.75, 3.05) is 0 Å². The number of aryl methyl sites for hydroxylation is 2. The molecule has 0 aliphatic heterocycles. The van der Waals surface area contributed by atoms with Crippen molar-refractivity contribution in [3.05, 3.63) is 48.0 Å². The number of nitrogens with zero attached hydrogens (tertiary/aromatic N) is 4. The fourth-order valence-corrected chi connectivity index (χ4v) is 2.79. The van der Waals surface area contributed by atoms with Gasteiger partial charge in [0.05, 0.1) is 22.8 Å². The Labute approximate surface area is 123 Å². The predicted octanol–water partition coefficient (Wildman–Crippen LogP) is 1.54. The van der Waals surface area contributed by atoms with Crippen LogP contribution in [0.15, 0.2) is 36.5 Å². The van der Waals surface area contributed by atoms with Gasteiger partial charge in [-0.2, -0.15) is 5.10 Å². The summed E-state index contributed by atoms with van der Waals surface area (Å²) in [6, 6.07) is 10.2. The molecule has 0 aliphatic carbocycles. The van der Waals surface area contributed by atoms with E-state index in [1.165, 1.54) is 0 Å². The van der Waals surface area contributed by atoms with Gasteiger partial charge in [-0.15, -0.1) is 0 Å². The number of hydrogen-bond donors (Lipinski definition) is 2. The molecule has 0 amide bonds. The topological polar surface area (TPSA) is 73.7 Å². The quantitative estimate of drug-likeness (QED) is 0.550. The molecule has 3 N–H and O–H groups in total. The molecule has 1 unspecified atom stereocenters. The first-order chi connectivity index (χ1) is 10.2. The lowest BCUT2D eigenvalue weighted by Gasteiger charge is -2.16. The number of benzene rings is 1. The maximum atomic E-state index is 5.74. The number of hydrazine groups is 1. The molecule has 0 fully saturated rings. The van der Waals surface area contributed by atoms with E-state index >= 15 is 0 Å². The van der Waals surface area contributed by atoms with E-state index in [1.54, 1.807) is 6.20 Å². The zero-order chi connectivity index (χ0) is 14.8. The molecule has 0 saturated heterocycles. The molecular weight excluding hydrogens is 264 g/mol. The van der Waals surface area contributed by atoms with E-state index in [0.717, 1.165) is 35.5 Å². The maximum absolute atomic E-state index is 5.74. The van der Waals surface area contributed by atoms with Gasteiger partial charge in [-0.1, -0.05) is 12.1 Å². The smallest absolute Gasteiger partial charge is 0.111 e. The van der Waals surface area contributed by atoms with Gasteiger partial charge in [0, 0.05) is 26.2 Å². The summed E-state index contributed by atoms with van der Waals surface area (Å²) in [6.07, 6.45) is 2.50. The highest BCUT2D eigenvalue weighted by Gasteiger charge is 2.18. The van der Waals surface area contributed by atoms with Crippen molar-refractivity contribution in [2.24, 2.45) is 12.9 Å². The molecule has 0 aliphatic rings. The standard InChI is InChI=1S/C15H20N6/c1-3-21-14-7-5-4-6-11(14)18-15(21)10-12(19-16)13-8-9-17-20(13)2/h4-9,12,19H,3,10,16H2,1-2H3. The average molecular weight is 284 g/mol. The van der Waals surface area contributed by atoms with Crippen LogP contribution in [0.3, 0.4) is 0 Å². The second-order valence-electron chi connectivity index (χ2n) is 5.06. The lowest BCUT2D eigenvalue weighted by atomic mass is 10.1. The zero-order valence-electron chi connectivity index (χ0n) is 12.3. The first-order valence-corrected chi connectivity index (χ1v) is 7.12. The van der Waals surface area contributed by atoms with Crippen LogP contribution in [0.5, 0.6) is 0 Å². The number of hydrogen-bond acceptors (Lipinski definition) is 4. The summed E-state index contributed by atoms with van der Waals surface area (Å²) in [4.78, 5) is 4.75. The zero-order valence-corrected chi connectivity index (χ0v) is 12.3. The van der Waals surface area contributed by atoms with E-state index in [4.69, 9.17) is 10.8 Å². The second-order valence-corrected chi connectivity index (χ2v) is 5.06. The first-order valence-electron chi connectivity index (χ1n) is 7.12. The van der Waals surface area contributed by atoms with Gasteiger partial charge in [-0.25, -0.2) is 4.98 Å². The summed E-state index contributed by atoms with van der Waals surface area (Å²) < 4.78 is 4.07. The number of nitrogens with two attached hydrogens (primary N) is 1. The Morgan fingerprint density at radius 2 is 2.10 bits per heavy atom. The summed E-state index contributed by atoms with van der Waals surface area (Å²) in [6.45, 7) is 3.02. The van der Waals surface area contributed by atoms with E-state index < -0.39 is 0 Å².